The normalized spacial score (nSPS) is 17.5. The Hall–Kier alpha value is -2.83. The number of benzene rings is 2. The van der Waals surface area contributed by atoms with Crippen LogP contribution < -0.4 is 4.74 Å². The highest BCUT2D eigenvalue weighted by Crippen LogP contribution is 2.34. The van der Waals surface area contributed by atoms with E-state index >= 15 is 0 Å². The van der Waals surface area contributed by atoms with Crippen LogP contribution in [0.4, 0.5) is 0 Å². The Kier molecular flexibility index (Phi) is 6.82. The van der Waals surface area contributed by atoms with Crippen LogP contribution >= 0.6 is 11.6 Å². The summed E-state index contributed by atoms with van der Waals surface area (Å²) >= 11 is 6.00. The highest BCUT2D eigenvalue weighted by Gasteiger charge is 2.42. The molecular formula is C25H28ClN3O3. The molecule has 2 heterocycles. The molecule has 0 N–H and O–H groups in total. The van der Waals surface area contributed by atoms with Gasteiger partial charge in [-0.1, -0.05) is 42.8 Å². The molecule has 168 valence electrons. The summed E-state index contributed by atoms with van der Waals surface area (Å²) in [5, 5.41) is 0.621. The molecule has 4 rings (SSSR count). The van der Waals surface area contributed by atoms with E-state index < -0.39 is 0 Å². The number of amides is 2. The number of imide groups is 1. The Balaban J connectivity index is 1.67. The van der Waals surface area contributed by atoms with Gasteiger partial charge in [0.2, 0.25) is 0 Å². The second-order valence-corrected chi connectivity index (χ2v) is 8.36. The van der Waals surface area contributed by atoms with Gasteiger partial charge in [0.05, 0.1) is 18.7 Å². The average molecular weight is 454 g/mol. The van der Waals surface area contributed by atoms with E-state index in [0.29, 0.717) is 22.9 Å². The molecule has 2 aromatic rings. The number of piperazine rings is 1. The Morgan fingerprint density at radius 2 is 1.53 bits per heavy atom. The van der Waals surface area contributed by atoms with Crippen molar-refractivity contribution in [3.8, 4) is 5.75 Å². The lowest BCUT2D eigenvalue weighted by Crippen LogP contribution is -2.47. The molecule has 2 amide bonds. The third-order valence-corrected chi connectivity index (χ3v) is 6.24. The van der Waals surface area contributed by atoms with Crippen LogP contribution in [-0.4, -0.2) is 65.8 Å². The summed E-state index contributed by atoms with van der Waals surface area (Å²) in [7, 11) is 0. The molecule has 1 saturated heterocycles. The predicted molar refractivity (Wildman–Crippen MR) is 125 cm³/mol. The lowest BCUT2D eigenvalue weighted by atomic mass is 10.0. The molecule has 2 aromatic carbocycles. The van der Waals surface area contributed by atoms with Crippen LogP contribution in [0.15, 0.2) is 54.2 Å². The monoisotopic (exact) mass is 453 g/mol. The van der Waals surface area contributed by atoms with E-state index in [0.717, 1.165) is 49.6 Å². The summed E-state index contributed by atoms with van der Waals surface area (Å²) in [5.41, 5.74) is 2.57. The SMILES string of the molecule is CCOc1ccc(C2=C(N3CCN(CC)CC3)C(=O)N(Cc3ccc(Cl)cc3)C2=O)cc1. The first kappa shape index (κ1) is 22.4. The summed E-state index contributed by atoms with van der Waals surface area (Å²) < 4.78 is 5.54. The van der Waals surface area contributed by atoms with Gasteiger partial charge in [0.1, 0.15) is 11.4 Å². The maximum Gasteiger partial charge on any atom is 0.278 e. The summed E-state index contributed by atoms with van der Waals surface area (Å²) in [6.07, 6.45) is 0. The molecule has 0 atom stereocenters. The first-order valence-electron chi connectivity index (χ1n) is 11.1. The zero-order valence-corrected chi connectivity index (χ0v) is 19.3. The number of nitrogens with zero attached hydrogens (tertiary/aromatic N) is 3. The molecule has 0 saturated carbocycles. The Labute approximate surface area is 194 Å². The van der Waals surface area contributed by atoms with Crippen molar-refractivity contribution >= 4 is 29.0 Å². The predicted octanol–water partition coefficient (Wildman–Crippen LogP) is 3.66. The van der Waals surface area contributed by atoms with E-state index in [-0.39, 0.29) is 18.4 Å². The third-order valence-electron chi connectivity index (χ3n) is 5.99. The molecule has 0 aromatic heterocycles. The second-order valence-electron chi connectivity index (χ2n) is 7.93. The van der Waals surface area contributed by atoms with Crippen LogP contribution in [-0.2, 0) is 16.1 Å². The smallest absolute Gasteiger partial charge is 0.278 e. The van der Waals surface area contributed by atoms with Crippen molar-refractivity contribution in [3.63, 3.8) is 0 Å². The van der Waals surface area contributed by atoms with E-state index in [9.17, 15) is 9.59 Å². The zero-order chi connectivity index (χ0) is 22.7. The van der Waals surface area contributed by atoms with Crippen LogP contribution in [0.2, 0.25) is 5.02 Å². The molecule has 2 aliphatic heterocycles. The lowest BCUT2D eigenvalue weighted by molar-refractivity contribution is -0.138. The van der Waals surface area contributed by atoms with E-state index in [2.05, 4.69) is 16.7 Å². The largest absolute Gasteiger partial charge is 0.494 e. The van der Waals surface area contributed by atoms with Gasteiger partial charge in [0.15, 0.2) is 0 Å². The van der Waals surface area contributed by atoms with E-state index in [1.165, 1.54) is 4.90 Å². The van der Waals surface area contributed by atoms with E-state index in [4.69, 9.17) is 16.3 Å². The zero-order valence-electron chi connectivity index (χ0n) is 18.5. The van der Waals surface area contributed by atoms with Crippen molar-refractivity contribution in [3.05, 3.63) is 70.4 Å². The first-order valence-corrected chi connectivity index (χ1v) is 11.4. The molecule has 0 spiro atoms. The van der Waals surface area contributed by atoms with Crippen LogP contribution in [0.5, 0.6) is 5.75 Å². The number of carbonyl (C=O) groups is 2. The minimum atomic E-state index is -0.262. The fourth-order valence-corrected chi connectivity index (χ4v) is 4.33. The quantitative estimate of drug-likeness (QED) is 0.599. The van der Waals surface area contributed by atoms with Crippen molar-refractivity contribution in [2.24, 2.45) is 0 Å². The molecule has 6 nitrogen and oxygen atoms in total. The van der Waals surface area contributed by atoms with Gasteiger partial charge >= 0.3 is 0 Å². The van der Waals surface area contributed by atoms with Crippen LogP contribution in [0.1, 0.15) is 25.0 Å². The molecule has 0 bridgehead atoms. The van der Waals surface area contributed by atoms with Crippen LogP contribution in [0.3, 0.4) is 0 Å². The maximum absolute atomic E-state index is 13.5. The molecule has 0 radical (unpaired) electrons. The van der Waals surface area contributed by atoms with Crippen molar-refractivity contribution in [1.29, 1.82) is 0 Å². The topological polar surface area (TPSA) is 53.1 Å². The van der Waals surface area contributed by atoms with Gasteiger partial charge in [-0.2, -0.15) is 0 Å². The van der Waals surface area contributed by atoms with Gasteiger partial charge in [-0.3, -0.25) is 14.5 Å². The number of ether oxygens (including phenoxy) is 1. The minimum absolute atomic E-state index is 0.216. The van der Waals surface area contributed by atoms with Crippen LogP contribution in [0, 0.1) is 0 Å². The Morgan fingerprint density at radius 3 is 2.12 bits per heavy atom. The van der Waals surface area contributed by atoms with E-state index in [1.807, 2.05) is 43.3 Å². The Bertz CT molecular complexity index is 1010. The number of likely N-dealkylation sites (N-methyl/N-ethyl adjacent to an activating group) is 1. The number of hydrogen-bond donors (Lipinski definition) is 0. The van der Waals surface area contributed by atoms with E-state index in [1.54, 1.807) is 12.1 Å². The summed E-state index contributed by atoms with van der Waals surface area (Å²) in [5.74, 6) is 0.241. The standard InChI is InChI=1S/C25H28ClN3O3/c1-3-27-13-15-28(16-14-27)23-22(19-7-11-21(12-8-19)32-4-2)24(30)29(25(23)31)17-18-5-9-20(26)10-6-18/h5-12H,3-4,13-17H2,1-2H3. The number of carbonyl (C=O) groups excluding carboxylic acids is 2. The average Bonchev–Trinajstić information content (AvgIpc) is 3.06. The summed E-state index contributed by atoms with van der Waals surface area (Å²) in [6.45, 7) is 9.01. The Morgan fingerprint density at radius 1 is 0.875 bits per heavy atom. The number of halogens is 1. The van der Waals surface area contributed by atoms with Crippen molar-refractivity contribution in [2.75, 3.05) is 39.3 Å². The van der Waals surface area contributed by atoms with Gasteiger partial charge in [-0.25, -0.2) is 0 Å². The van der Waals surface area contributed by atoms with Crippen molar-refractivity contribution in [2.45, 2.75) is 20.4 Å². The molecule has 0 unspecified atom stereocenters. The third kappa shape index (κ3) is 4.52. The lowest BCUT2D eigenvalue weighted by Gasteiger charge is -2.36. The van der Waals surface area contributed by atoms with Gasteiger partial charge in [-0.15, -0.1) is 0 Å². The molecular weight excluding hydrogens is 426 g/mol. The minimum Gasteiger partial charge on any atom is -0.494 e. The second kappa shape index (κ2) is 9.76. The molecule has 32 heavy (non-hydrogen) atoms. The molecule has 7 heteroatoms. The van der Waals surface area contributed by atoms with Gasteiger partial charge < -0.3 is 14.5 Å². The molecule has 2 aliphatic rings. The van der Waals surface area contributed by atoms with Crippen molar-refractivity contribution < 1.29 is 14.3 Å². The maximum atomic E-state index is 13.5. The van der Waals surface area contributed by atoms with Gasteiger partial charge in [0.25, 0.3) is 11.8 Å². The first-order chi connectivity index (χ1) is 15.5. The fraction of sp³-hybridized carbons (Fsp3) is 0.360. The summed E-state index contributed by atoms with van der Waals surface area (Å²) in [6, 6.07) is 14.6. The van der Waals surface area contributed by atoms with Crippen LogP contribution in [0.25, 0.3) is 5.57 Å². The number of rotatable bonds is 7. The fourth-order valence-electron chi connectivity index (χ4n) is 4.21. The molecule has 1 fully saturated rings. The van der Waals surface area contributed by atoms with Gasteiger partial charge in [0, 0.05) is 31.2 Å². The molecule has 0 aliphatic carbocycles. The summed E-state index contributed by atoms with van der Waals surface area (Å²) in [4.78, 5) is 32.8. The number of hydrogen-bond acceptors (Lipinski definition) is 5. The highest BCUT2D eigenvalue weighted by molar-refractivity contribution is 6.35. The highest BCUT2D eigenvalue weighted by atomic mass is 35.5. The van der Waals surface area contributed by atoms with Crippen molar-refractivity contribution in [1.82, 2.24) is 14.7 Å². The van der Waals surface area contributed by atoms with Gasteiger partial charge in [-0.05, 0) is 48.9 Å².